The molecule has 0 bridgehead atoms. The van der Waals surface area contributed by atoms with Crippen molar-refractivity contribution in [3.05, 3.63) is 0 Å². The fourth-order valence-electron chi connectivity index (χ4n) is 0. The van der Waals surface area contributed by atoms with Gasteiger partial charge < -0.3 is 1.43 Å². The molecule has 0 saturated carbocycles. The van der Waals surface area contributed by atoms with E-state index in [-0.39, 0.29) is 102 Å². The Morgan fingerprint density at radius 1 is 1.25 bits per heavy atom. The van der Waals surface area contributed by atoms with Crippen LogP contribution in [-0.4, -0.2) is 0 Å². The van der Waals surface area contributed by atoms with E-state index in [9.17, 15) is 0 Å². The van der Waals surface area contributed by atoms with Crippen molar-refractivity contribution in [1.29, 1.82) is 0 Å². The molecule has 0 atom stereocenters. The summed E-state index contributed by atoms with van der Waals surface area (Å²) in [6.45, 7) is 0. The molecule has 0 rings (SSSR count). The van der Waals surface area contributed by atoms with Gasteiger partial charge in [-0.25, -0.2) is 0 Å². The van der Waals surface area contributed by atoms with Gasteiger partial charge in [-0.15, -0.1) is 29.4 Å². The second kappa shape index (κ2) is 16.6. The second-order valence-electron chi connectivity index (χ2n) is 0. The average Bonchev–Trinajstić information content (AvgIpc) is 0. The molecule has 0 spiro atoms. The van der Waals surface area contributed by atoms with Gasteiger partial charge in [-0.05, 0) is 0 Å². The second-order valence-corrected chi connectivity index (χ2v) is 0. The first-order valence-corrected chi connectivity index (χ1v) is 0. The van der Waals surface area contributed by atoms with E-state index < -0.39 is 0 Å². The molecule has 0 aromatic rings. The normalized spacial score (nSPS) is 0. The zero-order valence-corrected chi connectivity index (χ0v) is 11.1. The van der Waals surface area contributed by atoms with Crippen LogP contribution in [0.4, 0.5) is 0 Å². The molecule has 0 aromatic heterocycles. The maximum Gasteiger partial charge on any atom is 1.00 e. The molecule has 0 unspecified atom stereocenters. The molecule has 0 aromatic carbocycles. The molecule has 4 heteroatoms. The summed E-state index contributed by atoms with van der Waals surface area (Å²) in [5.41, 5.74) is 0. The van der Waals surface area contributed by atoms with Crippen LogP contribution in [-0.2, 0) is 19.5 Å². The van der Waals surface area contributed by atoms with Gasteiger partial charge in [0.25, 0.3) is 0 Å². The molecule has 0 heterocycles. The molecule has 0 amide bonds. The van der Waals surface area contributed by atoms with Crippen molar-refractivity contribution in [3.63, 3.8) is 0 Å². The zero-order chi connectivity index (χ0) is 0. The Hall–Kier alpha value is 3.03. The predicted molar refractivity (Wildman–Crippen MR) is 18.7 cm³/mol. The minimum atomic E-state index is 0. The van der Waals surface area contributed by atoms with Crippen LogP contribution in [0.2, 0.25) is 0 Å². The molecule has 0 nitrogen and oxygen atoms in total. The van der Waals surface area contributed by atoms with Crippen LogP contribution in [0.5, 0.6) is 0 Å². The van der Waals surface area contributed by atoms with Crippen LogP contribution < -0.4 is 51.4 Å². The van der Waals surface area contributed by atoms with Gasteiger partial charge in [0, 0.05) is 19.5 Å². The van der Waals surface area contributed by atoms with Crippen molar-refractivity contribution in [2.75, 3.05) is 0 Å². The largest absolute Gasteiger partial charge is 1.00 e. The Kier molecular flexibility index (Phi) is 116. The maximum absolute atomic E-state index is 0. The van der Waals surface area contributed by atoms with Gasteiger partial charge in [0.05, 0.1) is 0 Å². The number of halogens is 2. The molecule has 0 radical (unpaired) electrons. The summed E-state index contributed by atoms with van der Waals surface area (Å²) >= 11 is 0. The number of hydrogen-bond acceptors (Lipinski definition) is 0. The quantitative estimate of drug-likeness (QED) is 0.421. The third-order valence-electron chi connectivity index (χ3n) is 0. The van der Waals surface area contributed by atoms with Crippen molar-refractivity contribution in [1.82, 2.24) is 0 Å². The van der Waals surface area contributed by atoms with E-state index in [0.29, 0.717) is 0 Å². The summed E-state index contributed by atoms with van der Waals surface area (Å²) in [4.78, 5) is 0. The minimum absolute atomic E-state index is 0. The van der Waals surface area contributed by atoms with E-state index in [2.05, 4.69) is 0 Å². The summed E-state index contributed by atoms with van der Waals surface area (Å²) in [5.74, 6) is 0. The van der Waals surface area contributed by atoms with E-state index >= 15 is 0 Å². The molecule has 0 aliphatic rings. The fourth-order valence-corrected chi connectivity index (χ4v) is 0. The van der Waals surface area contributed by atoms with Crippen molar-refractivity contribution < 1.29 is 72.3 Å². The SMILES string of the molecule is Br.Cl.[H-].[K+].[Zn]. The van der Waals surface area contributed by atoms with E-state index in [1.54, 1.807) is 0 Å². The van der Waals surface area contributed by atoms with Crippen LogP contribution >= 0.6 is 29.4 Å². The van der Waals surface area contributed by atoms with Crippen molar-refractivity contribution in [2.24, 2.45) is 0 Å². The molecule has 20 valence electrons. The van der Waals surface area contributed by atoms with Crippen molar-refractivity contribution >= 4 is 29.4 Å². The topological polar surface area (TPSA) is 0 Å². The first-order valence-electron chi connectivity index (χ1n) is 0. The molecule has 0 saturated heterocycles. The zero-order valence-electron chi connectivity index (χ0n) is 3.52. The van der Waals surface area contributed by atoms with Gasteiger partial charge in [0.2, 0.25) is 0 Å². The fraction of sp³-hybridized carbons (Fsp3) is 0. The summed E-state index contributed by atoms with van der Waals surface area (Å²) < 4.78 is 0. The number of rotatable bonds is 0. The van der Waals surface area contributed by atoms with Gasteiger partial charge >= 0.3 is 51.4 Å². The molecule has 4 heavy (non-hydrogen) atoms. The summed E-state index contributed by atoms with van der Waals surface area (Å²) in [7, 11) is 0. The molecule has 0 N–H and O–H groups in total. The summed E-state index contributed by atoms with van der Waals surface area (Å²) in [6.07, 6.45) is 0. The van der Waals surface area contributed by atoms with Crippen molar-refractivity contribution in [3.8, 4) is 0 Å². The molecule has 0 aliphatic carbocycles. The van der Waals surface area contributed by atoms with E-state index in [4.69, 9.17) is 0 Å². The van der Waals surface area contributed by atoms with Gasteiger partial charge in [0.15, 0.2) is 0 Å². The Morgan fingerprint density at radius 3 is 1.25 bits per heavy atom. The van der Waals surface area contributed by atoms with E-state index in [1.165, 1.54) is 0 Å². The minimum Gasteiger partial charge on any atom is -1.00 e. The Labute approximate surface area is 99.3 Å². The summed E-state index contributed by atoms with van der Waals surface area (Å²) in [6, 6.07) is 0. The molecular weight excluding hydrogens is 220 g/mol. The van der Waals surface area contributed by atoms with Crippen LogP contribution in [0.1, 0.15) is 1.43 Å². The Balaban J connectivity index is 0. The van der Waals surface area contributed by atoms with E-state index in [1.807, 2.05) is 0 Å². The Morgan fingerprint density at radius 2 is 1.25 bits per heavy atom. The van der Waals surface area contributed by atoms with Crippen LogP contribution in [0, 0.1) is 0 Å². The third-order valence-corrected chi connectivity index (χ3v) is 0. The van der Waals surface area contributed by atoms with Gasteiger partial charge in [-0.1, -0.05) is 0 Å². The van der Waals surface area contributed by atoms with Crippen LogP contribution in [0.3, 0.4) is 0 Å². The standard InChI is InChI=1S/BrH.ClH.K.Zn.H/h2*1H;;;/q;;+1;;-1. The number of hydrogen-bond donors (Lipinski definition) is 0. The van der Waals surface area contributed by atoms with Gasteiger partial charge in [-0.2, -0.15) is 0 Å². The smallest absolute Gasteiger partial charge is 1.00 e. The van der Waals surface area contributed by atoms with Crippen LogP contribution in [0.15, 0.2) is 0 Å². The first kappa shape index (κ1) is 27.8. The van der Waals surface area contributed by atoms with Gasteiger partial charge in [-0.3, -0.25) is 0 Å². The third kappa shape index (κ3) is 8.90. The summed E-state index contributed by atoms with van der Waals surface area (Å²) in [5, 5.41) is 0. The average molecular weight is 223 g/mol. The monoisotopic (exact) mass is 220 g/mol. The molecule has 0 fully saturated rings. The molecule has 0 aliphatic heterocycles. The van der Waals surface area contributed by atoms with E-state index in [0.717, 1.165) is 0 Å². The molecular formula is H3BrClKZn. The maximum atomic E-state index is 0. The predicted octanol–water partition coefficient (Wildman–Crippen LogP) is -1.89. The van der Waals surface area contributed by atoms with Gasteiger partial charge in [0.1, 0.15) is 0 Å². The van der Waals surface area contributed by atoms with Crippen LogP contribution in [0.25, 0.3) is 0 Å². The first-order chi connectivity index (χ1) is 0. The Bertz CT molecular complexity index is 11.6. The van der Waals surface area contributed by atoms with Crippen molar-refractivity contribution in [2.45, 2.75) is 0 Å².